The van der Waals surface area contributed by atoms with E-state index in [1.165, 1.54) is 31.3 Å². The number of hydrogen-bond donors (Lipinski definition) is 0. The van der Waals surface area contributed by atoms with Crippen molar-refractivity contribution in [3.63, 3.8) is 0 Å². The number of hydrogen-bond acceptors (Lipinski definition) is 5. The molecule has 0 aliphatic rings. The van der Waals surface area contributed by atoms with Gasteiger partial charge in [0.2, 0.25) is 0 Å². The molecule has 10 aromatic rings. The van der Waals surface area contributed by atoms with Gasteiger partial charge in [-0.3, -0.25) is 0 Å². The van der Waals surface area contributed by atoms with E-state index in [1.54, 1.807) is 0 Å². The molecule has 0 unspecified atom stereocenters. The van der Waals surface area contributed by atoms with Crippen LogP contribution in [0.2, 0.25) is 0 Å². The van der Waals surface area contributed by atoms with E-state index >= 15 is 0 Å². The standard InChI is InChI=1S/C45H27N3OS/c1-3-11-28(12-4-1)43-46-44(29-13-5-2-6-14-29)48-45(47-43)33-21-23-36-39(27-33)49-38-19-10-18-34(42(36)38)32-16-9-15-30(25-32)31-22-24-41-37(26-31)35-17-7-8-20-40(35)50-41/h1-27H. The SMILES string of the molecule is c1ccc(-c2nc(-c3ccccc3)nc(-c3ccc4c(c3)oc3cccc(-c5cccc(-c6ccc7sc8ccccc8c7c6)c5)c34)n2)cc1. The van der Waals surface area contributed by atoms with Crippen molar-refractivity contribution < 1.29 is 4.42 Å². The van der Waals surface area contributed by atoms with E-state index in [-0.39, 0.29) is 0 Å². The molecule has 7 aromatic carbocycles. The van der Waals surface area contributed by atoms with Crippen LogP contribution in [-0.2, 0) is 0 Å². The van der Waals surface area contributed by atoms with Crippen LogP contribution in [0.4, 0.5) is 0 Å². The topological polar surface area (TPSA) is 51.8 Å². The van der Waals surface area contributed by atoms with Gasteiger partial charge in [0, 0.05) is 47.6 Å². The van der Waals surface area contributed by atoms with Crippen LogP contribution in [0.25, 0.3) is 98.5 Å². The fraction of sp³-hybridized carbons (Fsp3) is 0. The minimum Gasteiger partial charge on any atom is -0.456 e. The van der Waals surface area contributed by atoms with Crippen LogP contribution in [0.5, 0.6) is 0 Å². The lowest BCUT2D eigenvalue weighted by Gasteiger charge is -2.09. The normalized spacial score (nSPS) is 11.6. The lowest BCUT2D eigenvalue weighted by Crippen LogP contribution is -2.00. The molecule has 4 nitrogen and oxygen atoms in total. The molecule has 50 heavy (non-hydrogen) atoms. The first-order chi connectivity index (χ1) is 24.7. The fourth-order valence-corrected chi connectivity index (χ4v) is 8.00. The number of furan rings is 1. The van der Waals surface area contributed by atoms with Crippen LogP contribution >= 0.6 is 11.3 Å². The average Bonchev–Trinajstić information content (AvgIpc) is 3.76. The molecule has 0 saturated heterocycles. The number of thiophene rings is 1. The Morgan fingerprint density at radius 1 is 0.360 bits per heavy atom. The van der Waals surface area contributed by atoms with Crippen molar-refractivity contribution in [2.45, 2.75) is 0 Å². The molecule has 5 heteroatoms. The van der Waals surface area contributed by atoms with E-state index < -0.39 is 0 Å². The van der Waals surface area contributed by atoms with Crippen LogP contribution in [0.1, 0.15) is 0 Å². The maximum Gasteiger partial charge on any atom is 0.164 e. The number of benzene rings is 7. The molecule has 234 valence electrons. The summed E-state index contributed by atoms with van der Waals surface area (Å²) in [6.07, 6.45) is 0. The van der Waals surface area contributed by atoms with Gasteiger partial charge in [0.1, 0.15) is 11.2 Å². The van der Waals surface area contributed by atoms with E-state index in [9.17, 15) is 0 Å². The molecule has 0 bridgehead atoms. The first kappa shape index (κ1) is 28.6. The molecule has 0 aliphatic carbocycles. The quantitative estimate of drug-likeness (QED) is 0.185. The van der Waals surface area contributed by atoms with Gasteiger partial charge in [0.25, 0.3) is 0 Å². The molecule has 10 rings (SSSR count). The highest BCUT2D eigenvalue weighted by molar-refractivity contribution is 7.25. The second-order valence-corrected chi connectivity index (χ2v) is 13.5. The second-order valence-electron chi connectivity index (χ2n) is 12.4. The highest BCUT2D eigenvalue weighted by atomic mass is 32.1. The number of rotatable bonds is 5. The zero-order chi connectivity index (χ0) is 33.0. The van der Waals surface area contributed by atoms with E-state index in [1.807, 2.05) is 78.1 Å². The van der Waals surface area contributed by atoms with E-state index in [0.29, 0.717) is 17.5 Å². The van der Waals surface area contributed by atoms with Gasteiger partial charge in [0.15, 0.2) is 17.5 Å². The van der Waals surface area contributed by atoms with Crippen LogP contribution in [-0.4, -0.2) is 15.0 Å². The Bertz CT molecular complexity index is 2820. The lowest BCUT2D eigenvalue weighted by atomic mass is 9.95. The van der Waals surface area contributed by atoms with Crippen molar-refractivity contribution >= 4 is 53.4 Å². The van der Waals surface area contributed by atoms with Crippen LogP contribution in [0.15, 0.2) is 168 Å². The van der Waals surface area contributed by atoms with Crippen LogP contribution in [0, 0.1) is 0 Å². The molecule has 0 radical (unpaired) electrons. The van der Waals surface area contributed by atoms with E-state index in [0.717, 1.165) is 49.8 Å². The third kappa shape index (κ3) is 4.87. The summed E-state index contributed by atoms with van der Waals surface area (Å²) >= 11 is 1.85. The van der Waals surface area contributed by atoms with Crippen molar-refractivity contribution in [1.29, 1.82) is 0 Å². The van der Waals surface area contributed by atoms with Crippen molar-refractivity contribution in [1.82, 2.24) is 15.0 Å². The van der Waals surface area contributed by atoms with Gasteiger partial charge in [0.05, 0.1) is 0 Å². The molecule has 0 aliphatic heterocycles. The van der Waals surface area contributed by atoms with Crippen LogP contribution in [0.3, 0.4) is 0 Å². The summed E-state index contributed by atoms with van der Waals surface area (Å²) in [7, 11) is 0. The summed E-state index contributed by atoms with van der Waals surface area (Å²) in [6.45, 7) is 0. The van der Waals surface area contributed by atoms with Crippen LogP contribution < -0.4 is 0 Å². The third-order valence-corrected chi connectivity index (χ3v) is 10.5. The van der Waals surface area contributed by atoms with E-state index in [4.69, 9.17) is 19.4 Å². The zero-order valence-corrected chi connectivity index (χ0v) is 27.6. The largest absolute Gasteiger partial charge is 0.456 e. The van der Waals surface area contributed by atoms with Crippen molar-refractivity contribution in [3.8, 4) is 56.4 Å². The Hall–Kier alpha value is -6.43. The lowest BCUT2D eigenvalue weighted by molar-refractivity contribution is 0.669. The molecule has 0 amide bonds. The number of aromatic nitrogens is 3. The molecule has 3 aromatic heterocycles. The predicted molar refractivity (Wildman–Crippen MR) is 207 cm³/mol. The smallest absolute Gasteiger partial charge is 0.164 e. The summed E-state index contributed by atoms with van der Waals surface area (Å²) in [6, 6.07) is 56.9. The van der Waals surface area contributed by atoms with Gasteiger partial charge in [-0.25, -0.2) is 15.0 Å². The molecule has 3 heterocycles. The first-order valence-electron chi connectivity index (χ1n) is 16.6. The minimum atomic E-state index is 0.600. The van der Waals surface area contributed by atoms with E-state index in [2.05, 4.69) is 97.1 Å². The third-order valence-electron chi connectivity index (χ3n) is 9.34. The fourth-order valence-electron chi connectivity index (χ4n) is 6.92. The maximum absolute atomic E-state index is 6.53. The van der Waals surface area contributed by atoms with Crippen molar-refractivity contribution in [2.24, 2.45) is 0 Å². The Morgan fingerprint density at radius 3 is 1.74 bits per heavy atom. The van der Waals surface area contributed by atoms with Gasteiger partial charge in [-0.2, -0.15) is 0 Å². The molecule has 0 saturated carbocycles. The Labute approximate surface area is 292 Å². The minimum absolute atomic E-state index is 0.600. The Kier molecular flexibility index (Phi) is 6.64. The second kappa shape index (κ2) is 11.6. The monoisotopic (exact) mass is 657 g/mol. The predicted octanol–water partition coefficient (Wildman–Crippen LogP) is 12.5. The molecule has 0 atom stereocenters. The zero-order valence-electron chi connectivity index (χ0n) is 26.7. The van der Waals surface area contributed by atoms with Gasteiger partial charge in [-0.1, -0.05) is 121 Å². The van der Waals surface area contributed by atoms with Gasteiger partial charge in [-0.15, -0.1) is 11.3 Å². The molecular weight excluding hydrogens is 631 g/mol. The molecule has 0 N–H and O–H groups in total. The highest BCUT2D eigenvalue weighted by Gasteiger charge is 2.17. The van der Waals surface area contributed by atoms with Crippen molar-refractivity contribution in [3.05, 3.63) is 164 Å². The summed E-state index contributed by atoms with van der Waals surface area (Å²) in [4.78, 5) is 14.7. The Balaban J connectivity index is 1.08. The van der Waals surface area contributed by atoms with Gasteiger partial charge in [-0.05, 0) is 64.7 Å². The van der Waals surface area contributed by atoms with Crippen molar-refractivity contribution in [2.75, 3.05) is 0 Å². The van der Waals surface area contributed by atoms with Gasteiger partial charge < -0.3 is 4.42 Å². The molecule has 0 spiro atoms. The van der Waals surface area contributed by atoms with Gasteiger partial charge >= 0.3 is 0 Å². The summed E-state index contributed by atoms with van der Waals surface area (Å²) < 4.78 is 9.16. The number of nitrogens with zero attached hydrogens (tertiary/aromatic N) is 3. The Morgan fingerprint density at radius 2 is 0.960 bits per heavy atom. The summed E-state index contributed by atoms with van der Waals surface area (Å²) in [5.41, 5.74) is 9.05. The average molecular weight is 658 g/mol. The number of fused-ring (bicyclic) bond motifs is 6. The molecule has 0 fully saturated rings. The maximum atomic E-state index is 6.53. The summed E-state index contributed by atoms with van der Waals surface area (Å²) in [5, 5.41) is 4.76. The highest BCUT2D eigenvalue weighted by Crippen LogP contribution is 2.40. The molecular formula is C45H27N3OS. The summed E-state index contributed by atoms with van der Waals surface area (Å²) in [5.74, 6) is 1.86. The first-order valence-corrected chi connectivity index (χ1v) is 17.4.